The lowest BCUT2D eigenvalue weighted by Gasteiger charge is -2.03. The van der Waals surface area contributed by atoms with E-state index < -0.39 is 0 Å². The largest absolute Gasteiger partial charge is 0.467 e. The van der Waals surface area contributed by atoms with Gasteiger partial charge in [0, 0.05) is 64.6 Å². The molecule has 2 aliphatic rings. The van der Waals surface area contributed by atoms with E-state index in [4.69, 9.17) is 53.0 Å². The fourth-order valence-corrected chi connectivity index (χ4v) is 29.1. The smallest absolute Gasteiger partial charge is 0.301 e. The molecule has 31 heterocycles. The van der Waals surface area contributed by atoms with E-state index in [0.717, 1.165) is 153 Å². The van der Waals surface area contributed by atoms with Gasteiger partial charge >= 0.3 is 5.78 Å². The van der Waals surface area contributed by atoms with Crippen molar-refractivity contribution in [1.82, 2.24) is 65.9 Å². The molecule has 0 saturated heterocycles. The van der Waals surface area contributed by atoms with Gasteiger partial charge in [0.15, 0.2) is 33.5 Å². The highest BCUT2D eigenvalue weighted by atomic mass is 32.2. The second kappa shape index (κ2) is 38.3. The summed E-state index contributed by atoms with van der Waals surface area (Å²) in [7, 11) is 0. The minimum absolute atomic E-state index is 0.527. The average Bonchev–Trinajstić information content (AvgIpc) is 1.63. The number of hydrogen-bond donors (Lipinski definition) is 4. The van der Waals surface area contributed by atoms with Crippen molar-refractivity contribution in [2.45, 2.75) is 15.4 Å². The van der Waals surface area contributed by atoms with Gasteiger partial charge in [0.1, 0.15) is 50.0 Å². The molecule has 4 N–H and O–H groups in total. The van der Waals surface area contributed by atoms with Crippen LogP contribution in [0, 0.1) is 0 Å². The van der Waals surface area contributed by atoms with Gasteiger partial charge in [-0.05, 0) is 146 Å². The van der Waals surface area contributed by atoms with Crippen molar-refractivity contribution in [2.24, 2.45) is 0 Å². The Morgan fingerprint density at radius 2 is 0.814 bits per heavy atom. The number of benzene rings is 5. The molecule has 682 valence electrons. The lowest BCUT2D eigenvalue weighted by molar-refractivity contribution is 0.495. The summed E-state index contributed by atoms with van der Waals surface area (Å²) in [5.74, 6) is 2.86. The molecule has 0 saturated carbocycles. The maximum Gasteiger partial charge on any atom is 0.301 e. The Balaban J connectivity index is 0.0000000807. The molecule has 5 aromatic carbocycles. The third kappa shape index (κ3) is 16.8. The summed E-state index contributed by atoms with van der Waals surface area (Å²) in [5.41, 5.74) is 18.5. The number of imidazole rings is 1. The summed E-state index contributed by atoms with van der Waals surface area (Å²) >= 11 is 21.9. The summed E-state index contributed by atoms with van der Waals surface area (Å²) in [6, 6.07) is 66.0. The molecule has 25 nitrogen and oxygen atoms in total. The third-order valence-electron chi connectivity index (χ3n) is 22.5. The van der Waals surface area contributed by atoms with Crippen LogP contribution in [-0.2, 0) is 0 Å². The minimum atomic E-state index is 0.527. The van der Waals surface area contributed by atoms with Gasteiger partial charge in [-0.3, -0.25) is 20.1 Å². The molecule has 2 atom stereocenters. The van der Waals surface area contributed by atoms with E-state index in [1.807, 2.05) is 243 Å². The predicted octanol–water partition coefficient (Wildman–Crippen LogP) is 35.0. The van der Waals surface area contributed by atoms with Gasteiger partial charge in [-0.2, -0.15) is 35.9 Å². The minimum Gasteiger partial charge on any atom is -0.467 e. The van der Waals surface area contributed by atoms with E-state index in [2.05, 4.69) is 164 Å². The number of fused-ring (bicyclic) bond motifs is 36. The van der Waals surface area contributed by atoms with Crippen LogP contribution in [0.15, 0.2) is 388 Å². The van der Waals surface area contributed by atoms with Crippen LogP contribution >= 0.6 is 137 Å². The number of H-pyrrole nitrogens is 4. The number of aromatic amines is 4. The van der Waals surface area contributed by atoms with Crippen LogP contribution in [0.4, 0.5) is 0 Å². The van der Waals surface area contributed by atoms with Crippen molar-refractivity contribution in [3.05, 3.63) is 336 Å². The summed E-state index contributed by atoms with van der Waals surface area (Å²) in [4.78, 5) is 21.5. The Morgan fingerprint density at radius 1 is 0.300 bits per heavy atom. The standard InChI is InChI=1S/3C10H7N3.C9H6N4.2C8H4O3.2C8H4O2S.C8H6OS2.C8H4OS2.2C8H4S3/c1-2-4-9-7(3-1)8-5-12-13-10(8)6-11-9;1-2-4-8-7(3-1)10-9(5-11-8)12-6-13-10;1-2-4-8-7(3-1)5-6-9-10(8)12-13-11-9;1-2-4-7-6(3-1)9-8(5-10-7)11-13-12-9;1-3-9-7-5(1)11-6-2-4-10-8(6)7;1-3-10-8-5(1)7-6(11-8)2-4-9-7;1-3-9-7-5(1)11-6-2-4-10-8(6)7;1-3-9-8-5(1)7-6(10-8)2-4-11-7;1-3-9-7-5-2-4-10-8(5)11-6(1)7;1-3-10-7-5(1)9-6-2-4-11-8(6)7;1-3-9-7-5(1)11-6-2-4-10-8(6)7;1-3-10-8-5(1)7-6(11-8)2-4-9-7/h2*1-6H,(H,12,13);1-6H,(H,11,12,13);1-5H,(H,11,12,13);4*1-4H;1-5,8H;3*1-4H. The molecule has 37 heteroatoms. The number of pyridine rings is 3. The lowest BCUT2D eigenvalue weighted by Crippen LogP contribution is -1.96. The molecule has 0 radical (unpaired) electrons. The molecular weight excluding hydrogens is 2000 g/mol. The van der Waals surface area contributed by atoms with Crippen molar-refractivity contribution in [1.29, 1.82) is 0 Å². The van der Waals surface area contributed by atoms with Crippen LogP contribution in [0.2, 0.25) is 0 Å². The number of nitrogens with zero attached hydrogens (tertiary/aromatic N) is 9. The van der Waals surface area contributed by atoms with Gasteiger partial charge in [0.05, 0.1) is 177 Å². The number of nitrogens with one attached hydrogen (secondary N) is 4. The molecule has 36 rings (SSSR count). The van der Waals surface area contributed by atoms with Crippen LogP contribution in [-0.4, -0.2) is 70.5 Å². The highest BCUT2D eigenvalue weighted by molar-refractivity contribution is 8.18. The molecular formula is C103H61N13O12S12. The summed E-state index contributed by atoms with van der Waals surface area (Å²) in [6.45, 7) is 0. The Bertz CT molecular complexity index is 8580. The van der Waals surface area contributed by atoms with Gasteiger partial charge in [-0.25, -0.2) is 4.98 Å². The lowest BCUT2D eigenvalue weighted by atomic mass is 10.1. The van der Waals surface area contributed by atoms with E-state index in [-0.39, 0.29) is 0 Å². The quantitative estimate of drug-likeness (QED) is 0.110. The number of hydrogen-bond acceptors (Lipinski definition) is 33. The molecule has 0 aliphatic carbocycles. The first-order valence-electron chi connectivity index (χ1n) is 42.8. The van der Waals surface area contributed by atoms with Gasteiger partial charge < -0.3 is 58.0 Å². The average molecular weight is 2060 g/mol. The third-order valence-corrected chi connectivity index (χ3v) is 35.7. The summed E-state index contributed by atoms with van der Waals surface area (Å²) in [5, 5.41) is 55.4. The zero-order valence-corrected chi connectivity index (χ0v) is 81.5. The summed E-state index contributed by atoms with van der Waals surface area (Å²) < 4.78 is 79.9. The number of furan rings is 12. The molecule has 0 spiro atoms. The Hall–Kier alpha value is -15.2. The fourth-order valence-electron chi connectivity index (χ4n) is 16.1. The van der Waals surface area contributed by atoms with E-state index in [1.54, 1.807) is 126 Å². The highest BCUT2D eigenvalue weighted by Gasteiger charge is 2.37. The number of thiophene rings is 10. The zero-order chi connectivity index (χ0) is 92.8. The first-order chi connectivity index (χ1) is 69.4. The van der Waals surface area contributed by atoms with Crippen LogP contribution in [0.3, 0.4) is 0 Å². The van der Waals surface area contributed by atoms with Gasteiger partial charge in [0.25, 0.3) is 5.78 Å². The molecule has 34 aromatic rings. The Morgan fingerprint density at radius 3 is 1.53 bits per heavy atom. The number of rotatable bonds is 0. The molecule has 0 fully saturated rings. The molecule has 0 bridgehead atoms. The topological polar surface area (TPSA) is 337 Å². The number of para-hydroxylation sites is 3. The van der Waals surface area contributed by atoms with Gasteiger partial charge in [-0.15, -0.1) is 137 Å². The molecule has 2 unspecified atom stereocenters. The second-order valence-corrected chi connectivity index (χ2v) is 43.1. The van der Waals surface area contributed by atoms with Crippen molar-refractivity contribution < 1.29 is 53.0 Å². The molecule has 0 amide bonds. The van der Waals surface area contributed by atoms with Crippen molar-refractivity contribution in [2.75, 3.05) is 0 Å². The van der Waals surface area contributed by atoms with Gasteiger partial charge in [0.2, 0.25) is 11.2 Å². The highest BCUT2D eigenvalue weighted by Crippen LogP contribution is 2.55. The first kappa shape index (κ1) is 86.4. The predicted molar refractivity (Wildman–Crippen MR) is 575 cm³/mol. The number of aromatic nitrogens is 13. The van der Waals surface area contributed by atoms with E-state index in [9.17, 15) is 0 Å². The van der Waals surface area contributed by atoms with Gasteiger partial charge in [-0.1, -0.05) is 91.0 Å². The van der Waals surface area contributed by atoms with Crippen LogP contribution in [0.1, 0.15) is 11.7 Å². The van der Waals surface area contributed by atoms with Crippen molar-refractivity contribution in [3.8, 4) is 0 Å². The van der Waals surface area contributed by atoms with Crippen LogP contribution in [0.5, 0.6) is 0 Å². The first-order valence-corrected chi connectivity index (χ1v) is 53.3. The second-order valence-electron chi connectivity index (χ2n) is 30.7. The van der Waals surface area contributed by atoms with E-state index >= 15 is 0 Å². The molecule has 140 heavy (non-hydrogen) atoms. The molecule has 29 aromatic heterocycles. The van der Waals surface area contributed by atoms with Crippen molar-refractivity contribution in [3.63, 3.8) is 0 Å². The zero-order valence-electron chi connectivity index (χ0n) is 71.7. The number of thioether (sulfide) groups is 2. The van der Waals surface area contributed by atoms with Crippen LogP contribution in [0.25, 0.3) is 232 Å². The Kier molecular flexibility index (Phi) is 23.6. The van der Waals surface area contributed by atoms with Crippen LogP contribution < -0.4 is 0 Å². The molecule has 2 aliphatic heterocycles. The maximum atomic E-state index is 5.55. The normalized spacial score (nSPS) is 13.1. The Labute approximate surface area is 832 Å². The monoisotopic (exact) mass is 2060 g/mol. The maximum absolute atomic E-state index is 5.55. The van der Waals surface area contributed by atoms with E-state index in [0.29, 0.717) is 33.2 Å². The fraction of sp³-hybridized carbons (Fsp3) is 0.0194. The van der Waals surface area contributed by atoms with Crippen molar-refractivity contribution >= 4 is 369 Å². The van der Waals surface area contributed by atoms with E-state index in [1.165, 1.54) is 67.7 Å². The number of allylic oxidation sites excluding steroid dienone is 1. The SMILES string of the molecule is C1=CC2c3occc3SC2S1.c1cc2c(o1)oc1ccoc12.c1cc2c(o1)oc1ccsc12.c1cc2c(s1)sc1ccsc12.c1cc2oc3ccoc3c2o1.c1cc2oc3ccsc3c2s1.c1cc2sc3ccoc3c2o1.c1cc2sc3ccsc3c2s1.c1ccc2c(c1)ccc1n[nH]nc12.c1ccc2c(c1)ncc1[nH]cnc12.c1ccc2c(c1)ncc1[nH]ncc12.c1ccc2c(c1)ncc1n[nH]nc12. The summed E-state index contributed by atoms with van der Waals surface area (Å²) in [6.07, 6.45) is 24.2.